The third-order valence-corrected chi connectivity index (χ3v) is 5.14. The zero-order valence-corrected chi connectivity index (χ0v) is 16.4. The Balaban J connectivity index is 1.72. The maximum absolute atomic E-state index is 12.6. The van der Waals surface area contributed by atoms with Crippen molar-refractivity contribution in [2.75, 3.05) is 25.2 Å². The van der Waals surface area contributed by atoms with Gasteiger partial charge in [-0.1, -0.05) is 17.7 Å². The van der Waals surface area contributed by atoms with Crippen LogP contribution < -0.4 is 14.8 Å². The van der Waals surface area contributed by atoms with Crippen LogP contribution in [-0.4, -0.2) is 36.5 Å². The number of thiophene rings is 1. The molecule has 8 heteroatoms. The van der Waals surface area contributed by atoms with Gasteiger partial charge in [-0.3, -0.25) is 14.5 Å². The van der Waals surface area contributed by atoms with Gasteiger partial charge in [0.05, 0.1) is 16.6 Å². The average Bonchev–Trinajstić information content (AvgIpc) is 3.22. The molecule has 0 atom stereocenters. The van der Waals surface area contributed by atoms with Crippen LogP contribution in [0.2, 0.25) is 4.34 Å². The molecule has 0 saturated heterocycles. The number of Topliss-reactive ketones (excluding diaryl/α,β-unsaturated/α-hetero) is 1. The lowest BCUT2D eigenvalue weighted by molar-refractivity contribution is -0.117. The number of nitrogens with one attached hydrogen (secondary N) is 1. The second-order valence-corrected chi connectivity index (χ2v) is 7.82. The van der Waals surface area contributed by atoms with E-state index < -0.39 is 0 Å². The number of hydrogen-bond acceptors (Lipinski definition) is 6. The summed E-state index contributed by atoms with van der Waals surface area (Å²) in [6.45, 7) is 6.56. The Bertz CT molecular complexity index is 881. The molecule has 0 spiro atoms. The normalized spacial score (nSPS) is 12.3. The molecular formula is C19H19ClN2O4S. The Hall–Kier alpha value is -2.35. The van der Waals surface area contributed by atoms with Gasteiger partial charge in [-0.2, -0.15) is 0 Å². The minimum Gasteiger partial charge on any atom is -0.454 e. The molecule has 1 amide bonds. The lowest BCUT2D eigenvalue weighted by Gasteiger charge is -2.20. The van der Waals surface area contributed by atoms with Crippen molar-refractivity contribution in [3.63, 3.8) is 0 Å². The molecule has 1 aromatic carbocycles. The highest BCUT2D eigenvalue weighted by Gasteiger charge is 2.21. The second kappa shape index (κ2) is 8.56. The number of hydrogen-bond donors (Lipinski definition) is 1. The van der Waals surface area contributed by atoms with Gasteiger partial charge in [0, 0.05) is 29.6 Å². The van der Waals surface area contributed by atoms with E-state index in [0.717, 1.165) is 4.88 Å². The van der Waals surface area contributed by atoms with Crippen molar-refractivity contribution >= 4 is 40.3 Å². The molecule has 0 saturated carbocycles. The Morgan fingerprint density at radius 2 is 2.07 bits per heavy atom. The molecule has 1 aliphatic rings. The van der Waals surface area contributed by atoms with Gasteiger partial charge in [-0.05, 0) is 25.1 Å². The molecule has 2 aromatic rings. The number of nitrogens with zero attached hydrogens (tertiary/aromatic N) is 1. The van der Waals surface area contributed by atoms with Gasteiger partial charge in [0.15, 0.2) is 17.3 Å². The summed E-state index contributed by atoms with van der Waals surface area (Å²) >= 11 is 7.45. The smallest absolute Gasteiger partial charge is 0.238 e. The molecule has 0 radical (unpaired) electrons. The van der Waals surface area contributed by atoms with Crippen molar-refractivity contribution in [3.8, 4) is 11.5 Å². The molecule has 0 fully saturated rings. The molecule has 1 N–H and O–H groups in total. The van der Waals surface area contributed by atoms with Gasteiger partial charge in [-0.25, -0.2) is 0 Å². The van der Waals surface area contributed by atoms with Gasteiger partial charge in [0.25, 0.3) is 0 Å². The first-order valence-electron chi connectivity index (χ1n) is 8.28. The SMILES string of the molecule is C=CCN(CC(=O)Nc1cc2c(cc1C(C)=O)OCO2)Cc1ccc(Cl)s1. The number of carbonyl (C=O) groups is 2. The van der Waals surface area contributed by atoms with E-state index >= 15 is 0 Å². The third-order valence-electron chi connectivity index (χ3n) is 3.93. The maximum atomic E-state index is 12.6. The van der Waals surface area contributed by atoms with Crippen LogP contribution in [0.25, 0.3) is 0 Å². The lowest BCUT2D eigenvalue weighted by Crippen LogP contribution is -2.33. The van der Waals surface area contributed by atoms with Crippen LogP contribution in [0.15, 0.2) is 36.9 Å². The standard InChI is InChI=1S/C19H19ClN2O4S/c1-3-6-22(9-13-4-5-18(20)27-13)10-19(24)21-15-8-17-16(25-11-26-17)7-14(15)12(2)23/h3-5,7-8H,1,6,9-11H2,2H3,(H,21,24). The fourth-order valence-corrected chi connectivity index (χ4v) is 3.88. The fourth-order valence-electron chi connectivity index (χ4n) is 2.75. The quantitative estimate of drug-likeness (QED) is 0.531. The highest BCUT2D eigenvalue weighted by atomic mass is 35.5. The predicted octanol–water partition coefficient (Wildman–Crippen LogP) is 3.96. The number of ketones is 1. The first-order valence-corrected chi connectivity index (χ1v) is 9.47. The summed E-state index contributed by atoms with van der Waals surface area (Å²) in [7, 11) is 0. The van der Waals surface area contributed by atoms with Gasteiger partial charge < -0.3 is 14.8 Å². The van der Waals surface area contributed by atoms with E-state index in [2.05, 4.69) is 11.9 Å². The summed E-state index contributed by atoms with van der Waals surface area (Å²) in [6.07, 6.45) is 1.74. The molecule has 0 bridgehead atoms. The van der Waals surface area contributed by atoms with E-state index in [1.807, 2.05) is 17.0 Å². The number of fused-ring (bicyclic) bond motifs is 1. The summed E-state index contributed by atoms with van der Waals surface area (Å²) in [5, 5.41) is 2.81. The van der Waals surface area contributed by atoms with E-state index in [4.69, 9.17) is 21.1 Å². The molecule has 27 heavy (non-hydrogen) atoms. The third kappa shape index (κ3) is 4.88. The van der Waals surface area contributed by atoms with E-state index in [1.54, 1.807) is 18.2 Å². The molecule has 6 nitrogen and oxygen atoms in total. The van der Waals surface area contributed by atoms with Crippen LogP contribution in [0, 0.1) is 0 Å². The first-order chi connectivity index (χ1) is 13.0. The van der Waals surface area contributed by atoms with Crippen molar-refractivity contribution < 1.29 is 19.1 Å². The van der Waals surface area contributed by atoms with Crippen molar-refractivity contribution in [2.45, 2.75) is 13.5 Å². The lowest BCUT2D eigenvalue weighted by atomic mass is 10.1. The molecule has 1 aliphatic heterocycles. The number of anilines is 1. The van der Waals surface area contributed by atoms with E-state index in [9.17, 15) is 9.59 Å². The highest BCUT2D eigenvalue weighted by Crippen LogP contribution is 2.37. The largest absolute Gasteiger partial charge is 0.454 e. The number of benzene rings is 1. The molecular weight excluding hydrogens is 388 g/mol. The zero-order chi connectivity index (χ0) is 19.4. The zero-order valence-electron chi connectivity index (χ0n) is 14.8. The monoisotopic (exact) mass is 406 g/mol. The van der Waals surface area contributed by atoms with Gasteiger partial charge >= 0.3 is 0 Å². The van der Waals surface area contributed by atoms with Crippen LogP contribution in [-0.2, 0) is 11.3 Å². The van der Waals surface area contributed by atoms with Crippen LogP contribution in [0.4, 0.5) is 5.69 Å². The van der Waals surface area contributed by atoms with E-state index in [-0.39, 0.29) is 25.0 Å². The van der Waals surface area contributed by atoms with Gasteiger partial charge in [0.2, 0.25) is 12.7 Å². The Kier molecular flexibility index (Phi) is 6.15. The van der Waals surface area contributed by atoms with E-state index in [0.29, 0.717) is 40.2 Å². The number of ether oxygens (including phenoxy) is 2. The van der Waals surface area contributed by atoms with Gasteiger partial charge in [-0.15, -0.1) is 17.9 Å². The Labute approximate surface area is 166 Å². The molecule has 142 valence electrons. The molecule has 2 heterocycles. The van der Waals surface area contributed by atoms with E-state index in [1.165, 1.54) is 18.3 Å². The number of halogens is 1. The van der Waals surface area contributed by atoms with Gasteiger partial charge in [0.1, 0.15) is 0 Å². The fraction of sp³-hybridized carbons (Fsp3) is 0.263. The Morgan fingerprint density at radius 3 is 2.70 bits per heavy atom. The van der Waals surface area contributed by atoms with Crippen molar-refractivity contribution in [2.24, 2.45) is 0 Å². The number of amides is 1. The summed E-state index contributed by atoms with van der Waals surface area (Å²) < 4.78 is 11.3. The Morgan fingerprint density at radius 1 is 1.33 bits per heavy atom. The summed E-state index contributed by atoms with van der Waals surface area (Å²) in [5.74, 6) is 0.605. The molecule has 0 aliphatic carbocycles. The van der Waals surface area contributed by atoms with Crippen molar-refractivity contribution in [1.82, 2.24) is 4.90 Å². The molecule has 3 rings (SSSR count). The highest BCUT2D eigenvalue weighted by molar-refractivity contribution is 7.16. The summed E-state index contributed by atoms with van der Waals surface area (Å²) in [6, 6.07) is 6.98. The van der Waals surface area contributed by atoms with Crippen molar-refractivity contribution in [1.29, 1.82) is 0 Å². The molecule has 0 unspecified atom stereocenters. The topological polar surface area (TPSA) is 67.9 Å². The van der Waals surface area contributed by atoms with Crippen LogP contribution >= 0.6 is 22.9 Å². The first kappa shape index (κ1) is 19.4. The summed E-state index contributed by atoms with van der Waals surface area (Å²) in [5.41, 5.74) is 0.794. The maximum Gasteiger partial charge on any atom is 0.238 e. The predicted molar refractivity (Wildman–Crippen MR) is 106 cm³/mol. The van der Waals surface area contributed by atoms with Crippen LogP contribution in [0.5, 0.6) is 11.5 Å². The van der Waals surface area contributed by atoms with Crippen LogP contribution in [0.1, 0.15) is 22.2 Å². The summed E-state index contributed by atoms with van der Waals surface area (Å²) in [4.78, 5) is 27.5. The molecule has 1 aromatic heterocycles. The minimum atomic E-state index is -0.235. The second-order valence-electron chi connectivity index (χ2n) is 6.02. The number of carbonyl (C=O) groups excluding carboxylic acids is 2. The van der Waals surface area contributed by atoms with Crippen LogP contribution in [0.3, 0.4) is 0 Å². The minimum absolute atomic E-state index is 0.0978. The average molecular weight is 407 g/mol. The number of rotatable bonds is 8. The van der Waals surface area contributed by atoms with Crippen molar-refractivity contribution in [3.05, 3.63) is 51.7 Å².